The molecule has 0 spiro atoms. The van der Waals surface area contributed by atoms with Gasteiger partial charge in [0, 0.05) is 12.8 Å². The zero-order chi connectivity index (χ0) is 58.3. The number of rotatable bonds is 61. The van der Waals surface area contributed by atoms with Gasteiger partial charge in [-0.3, -0.25) is 9.59 Å². The van der Waals surface area contributed by atoms with E-state index >= 15 is 0 Å². The first-order chi connectivity index (χ1) is 39.1. The number of nitrogens with zero attached hydrogens (tertiary/aromatic N) is 1. The molecular weight excluding hydrogens is 995 g/mol. The van der Waals surface area contributed by atoms with Crippen molar-refractivity contribution in [1.82, 2.24) is 0 Å². The molecule has 0 radical (unpaired) electrons. The third-order valence-corrected chi connectivity index (χ3v) is 14.4. The first kappa shape index (κ1) is 76.5. The van der Waals surface area contributed by atoms with E-state index in [1.54, 1.807) is 0 Å². The highest BCUT2D eigenvalue weighted by molar-refractivity contribution is 5.70. The summed E-state index contributed by atoms with van der Waals surface area (Å²) in [6, 6.07) is 0. The van der Waals surface area contributed by atoms with Crippen LogP contribution in [-0.4, -0.2) is 82.3 Å². The van der Waals surface area contributed by atoms with Crippen molar-refractivity contribution >= 4 is 17.9 Å². The van der Waals surface area contributed by atoms with Gasteiger partial charge >= 0.3 is 11.9 Å². The number of hydrogen-bond donors (Lipinski definition) is 0. The lowest BCUT2D eigenvalue weighted by Gasteiger charge is -2.26. The van der Waals surface area contributed by atoms with Gasteiger partial charge in [0.25, 0.3) is 0 Å². The Morgan fingerprint density at radius 3 is 1.06 bits per heavy atom. The number of aliphatic carboxylic acids is 1. The highest BCUT2D eigenvalue weighted by atomic mass is 16.7. The van der Waals surface area contributed by atoms with Gasteiger partial charge in [-0.1, -0.05) is 292 Å². The van der Waals surface area contributed by atoms with Crippen molar-refractivity contribution in [2.24, 2.45) is 0 Å². The van der Waals surface area contributed by atoms with Gasteiger partial charge in [-0.2, -0.15) is 0 Å². The molecule has 0 saturated heterocycles. The molecule has 0 bridgehead atoms. The monoisotopic (exact) mass is 1120 g/mol. The van der Waals surface area contributed by atoms with Crippen molar-refractivity contribution in [2.75, 3.05) is 47.5 Å². The third kappa shape index (κ3) is 62.1. The fourth-order valence-corrected chi connectivity index (χ4v) is 9.34. The standard InChI is InChI=1S/C71H125NO8/c1-6-8-10-12-14-16-18-20-22-24-26-28-30-32-34-36-37-39-41-43-45-47-49-51-53-55-57-59-61-68(73)78-65-67(66-79-71(70(75)76)77-64-63-72(3,4)5)80-69(74)62-60-58-56-54-52-50-48-46-44-42-40-38-35-33-31-29-27-25-23-21-19-17-15-13-11-9-7-2/h9,11,15,17,21,23,27,29,33,35,40,42,46,48,67,71H,6-8,10,12-14,16,18-20,22,24-26,28,30-32,34,36-39,41,43-45,47,49-66H2,1-5H3/b11-9-,17-15-,23-21-,29-27-,35-33-,42-40-,48-46-. The molecule has 0 aliphatic rings. The summed E-state index contributed by atoms with van der Waals surface area (Å²) in [5, 5.41) is 11.8. The lowest BCUT2D eigenvalue weighted by atomic mass is 10.0. The zero-order valence-corrected chi connectivity index (χ0v) is 52.7. The number of hydrogen-bond acceptors (Lipinski definition) is 8. The van der Waals surface area contributed by atoms with Crippen LogP contribution in [0.3, 0.4) is 0 Å². The smallest absolute Gasteiger partial charge is 0.306 e. The number of carbonyl (C=O) groups excluding carboxylic acids is 3. The van der Waals surface area contributed by atoms with Gasteiger partial charge in [-0.15, -0.1) is 0 Å². The summed E-state index contributed by atoms with van der Waals surface area (Å²) in [5.74, 6) is -2.30. The van der Waals surface area contributed by atoms with E-state index in [9.17, 15) is 19.5 Å². The van der Waals surface area contributed by atoms with Gasteiger partial charge in [-0.05, 0) is 70.6 Å². The Labute approximate surface area is 493 Å². The molecule has 2 atom stereocenters. The lowest BCUT2D eigenvalue weighted by molar-refractivity contribution is -0.870. The second-order valence-electron chi connectivity index (χ2n) is 23.4. The average molecular weight is 1120 g/mol. The summed E-state index contributed by atoms with van der Waals surface area (Å²) in [6.07, 6.45) is 79.4. The number of likely N-dealkylation sites (N-methyl/N-ethyl adjacent to an activating group) is 1. The Kier molecular flexibility index (Phi) is 58.8. The molecule has 0 N–H and O–H groups in total. The fourth-order valence-electron chi connectivity index (χ4n) is 9.34. The van der Waals surface area contributed by atoms with Crippen LogP contribution in [0.1, 0.15) is 290 Å². The molecule has 0 fully saturated rings. The Morgan fingerprint density at radius 1 is 0.388 bits per heavy atom. The van der Waals surface area contributed by atoms with Crippen LogP contribution in [0.15, 0.2) is 85.1 Å². The number of carboxylic acid groups (broad SMARTS) is 1. The molecule has 80 heavy (non-hydrogen) atoms. The van der Waals surface area contributed by atoms with E-state index in [0.717, 1.165) is 96.3 Å². The second-order valence-corrected chi connectivity index (χ2v) is 23.4. The van der Waals surface area contributed by atoms with Crippen LogP contribution in [0.5, 0.6) is 0 Å². The molecule has 0 aromatic heterocycles. The zero-order valence-electron chi connectivity index (χ0n) is 52.7. The Hall–Kier alpha value is -3.53. The summed E-state index contributed by atoms with van der Waals surface area (Å²) < 4.78 is 22.8. The van der Waals surface area contributed by atoms with E-state index in [0.29, 0.717) is 17.4 Å². The predicted molar refractivity (Wildman–Crippen MR) is 338 cm³/mol. The predicted octanol–water partition coefficient (Wildman–Crippen LogP) is 19.0. The van der Waals surface area contributed by atoms with Gasteiger partial charge in [0.1, 0.15) is 13.2 Å². The van der Waals surface area contributed by atoms with Crippen molar-refractivity contribution in [1.29, 1.82) is 0 Å². The SMILES string of the molecule is CC/C=C\C/C=C\C/C=C\C/C=C\C/C=C\C/C=C\C/C=C\CCCCCCCC(=O)OC(COC(=O)CCCCCCCCCCCCCCCCCCCCCCCCCCCCCC)COC(OCC[N+](C)(C)C)C(=O)[O-]. The van der Waals surface area contributed by atoms with Crippen molar-refractivity contribution in [2.45, 2.75) is 302 Å². The van der Waals surface area contributed by atoms with E-state index in [-0.39, 0.29) is 38.6 Å². The topological polar surface area (TPSA) is 111 Å². The molecule has 462 valence electrons. The minimum Gasteiger partial charge on any atom is -0.545 e. The number of carbonyl (C=O) groups is 3. The summed E-state index contributed by atoms with van der Waals surface area (Å²) in [4.78, 5) is 37.4. The minimum absolute atomic E-state index is 0.141. The van der Waals surface area contributed by atoms with Crippen molar-refractivity contribution in [3.8, 4) is 0 Å². The number of carboxylic acids is 1. The summed E-state index contributed by atoms with van der Waals surface area (Å²) >= 11 is 0. The first-order valence-corrected chi connectivity index (χ1v) is 33.2. The minimum atomic E-state index is -1.63. The van der Waals surface area contributed by atoms with E-state index in [4.69, 9.17) is 18.9 Å². The molecule has 2 unspecified atom stereocenters. The number of esters is 2. The fraction of sp³-hybridized carbons (Fsp3) is 0.761. The highest BCUT2D eigenvalue weighted by Crippen LogP contribution is 2.18. The maximum Gasteiger partial charge on any atom is 0.306 e. The Balaban J connectivity index is 4.19. The number of allylic oxidation sites excluding steroid dienone is 14. The van der Waals surface area contributed by atoms with Crippen LogP contribution < -0.4 is 5.11 Å². The molecule has 0 amide bonds. The van der Waals surface area contributed by atoms with E-state index in [1.807, 2.05) is 21.1 Å². The highest BCUT2D eigenvalue weighted by Gasteiger charge is 2.22. The molecule has 0 aliphatic carbocycles. The number of quaternary nitrogens is 1. The largest absolute Gasteiger partial charge is 0.545 e. The molecule has 0 aromatic rings. The number of unbranched alkanes of at least 4 members (excludes halogenated alkanes) is 32. The molecule has 0 rings (SSSR count). The Morgan fingerprint density at radius 2 is 0.713 bits per heavy atom. The second kappa shape index (κ2) is 61.5. The van der Waals surface area contributed by atoms with Crippen LogP contribution in [-0.2, 0) is 33.3 Å². The van der Waals surface area contributed by atoms with Crippen LogP contribution in [0.25, 0.3) is 0 Å². The normalized spacial score (nSPS) is 13.3. The van der Waals surface area contributed by atoms with Gasteiger partial charge in [-0.25, -0.2) is 0 Å². The van der Waals surface area contributed by atoms with E-state index in [1.165, 1.54) is 161 Å². The maximum atomic E-state index is 12.9. The number of ether oxygens (including phenoxy) is 4. The average Bonchev–Trinajstić information content (AvgIpc) is 3.43. The molecule has 0 saturated carbocycles. The summed E-state index contributed by atoms with van der Waals surface area (Å²) in [7, 11) is 5.92. The van der Waals surface area contributed by atoms with Gasteiger partial charge in [0.15, 0.2) is 12.4 Å². The molecule has 9 nitrogen and oxygen atoms in total. The van der Waals surface area contributed by atoms with Gasteiger partial charge in [0.2, 0.25) is 0 Å². The summed E-state index contributed by atoms with van der Waals surface area (Å²) in [5.41, 5.74) is 0. The summed E-state index contributed by atoms with van der Waals surface area (Å²) in [6.45, 7) is 4.64. The quantitative estimate of drug-likeness (QED) is 0.0195. The molecule has 9 heteroatoms. The molecule has 0 heterocycles. The van der Waals surface area contributed by atoms with Crippen molar-refractivity contribution in [3.63, 3.8) is 0 Å². The van der Waals surface area contributed by atoms with Crippen LogP contribution >= 0.6 is 0 Å². The van der Waals surface area contributed by atoms with Crippen molar-refractivity contribution in [3.05, 3.63) is 85.1 Å². The van der Waals surface area contributed by atoms with Crippen molar-refractivity contribution < 1.29 is 42.9 Å². The van der Waals surface area contributed by atoms with Gasteiger partial charge < -0.3 is 33.3 Å². The third-order valence-electron chi connectivity index (χ3n) is 14.4. The van der Waals surface area contributed by atoms with Gasteiger partial charge in [0.05, 0.1) is 40.3 Å². The van der Waals surface area contributed by atoms with E-state index < -0.39 is 24.3 Å². The van der Waals surface area contributed by atoms with Crippen LogP contribution in [0.2, 0.25) is 0 Å². The van der Waals surface area contributed by atoms with E-state index in [2.05, 4.69) is 98.9 Å². The lowest BCUT2D eigenvalue weighted by Crippen LogP contribution is -2.44. The Bertz CT molecular complexity index is 1590. The van der Waals surface area contributed by atoms with Crippen LogP contribution in [0.4, 0.5) is 0 Å². The molecule has 0 aromatic carbocycles. The molecule has 0 aliphatic heterocycles. The maximum absolute atomic E-state index is 12.9. The van der Waals surface area contributed by atoms with Crippen LogP contribution in [0, 0.1) is 0 Å². The first-order valence-electron chi connectivity index (χ1n) is 33.2. The molecular formula is C71H125NO8.